The molecule has 0 radical (unpaired) electrons. The van der Waals surface area contributed by atoms with Crippen LogP contribution in [0.2, 0.25) is 0 Å². The van der Waals surface area contributed by atoms with E-state index >= 15 is 0 Å². The van der Waals surface area contributed by atoms with Gasteiger partial charge < -0.3 is 14.6 Å². The van der Waals surface area contributed by atoms with E-state index in [4.69, 9.17) is 9.47 Å². The minimum Gasteiger partial charge on any atom is -0.466 e. The van der Waals surface area contributed by atoms with Crippen LogP contribution in [-0.2, 0) is 19.1 Å². The second-order valence-electron chi connectivity index (χ2n) is 3.90. The van der Waals surface area contributed by atoms with Crippen LogP contribution < -0.4 is 0 Å². The summed E-state index contributed by atoms with van der Waals surface area (Å²) in [6.07, 6.45) is 2.25. The van der Waals surface area contributed by atoms with Crippen LogP contribution in [0.4, 0.5) is 0 Å². The Morgan fingerprint density at radius 3 is 2.39 bits per heavy atom. The Morgan fingerprint density at radius 2 is 1.89 bits per heavy atom. The van der Waals surface area contributed by atoms with Crippen LogP contribution >= 0.6 is 0 Å². The highest BCUT2D eigenvalue weighted by Crippen LogP contribution is 2.21. The molecule has 0 aromatic rings. The van der Waals surface area contributed by atoms with Crippen molar-refractivity contribution < 1.29 is 24.2 Å². The third kappa shape index (κ3) is 5.82. The monoisotopic (exact) mass is 258 g/mol. The van der Waals surface area contributed by atoms with Crippen LogP contribution in [0.15, 0.2) is 12.7 Å². The SMILES string of the molecule is C=CCC(O)(CCCC(=O)OCC)C(=O)OCC. The summed E-state index contributed by atoms with van der Waals surface area (Å²) in [6.45, 7) is 7.43. The van der Waals surface area contributed by atoms with Gasteiger partial charge in [-0.1, -0.05) is 6.08 Å². The maximum atomic E-state index is 11.6. The topological polar surface area (TPSA) is 72.8 Å². The van der Waals surface area contributed by atoms with Crippen molar-refractivity contribution in [3.63, 3.8) is 0 Å². The molecule has 0 rings (SSSR count). The number of esters is 2. The maximum absolute atomic E-state index is 11.6. The molecule has 1 atom stereocenters. The van der Waals surface area contributed by atoms with Gasteiger partial charge in [0.05, 0.1) is 13.2 Å². The molecule has 5 heteroatoms. The number of hydrogen-bond donors (Lipinski definition) is 1. The van der Waals surface area contributed by atoms with Crippen molar-refractivity contribution in [2.45, 2.75) is 45.1 Å². The molecule has 0 amide bonds. The molecule has 104 valence electrons. The zero-order valence-corrected chi connectivity index (χ0v) is 11.1. The fourth-order valence-corrected chi connectivity index (χ4v) is 1.55. The lowest BCUT2D eigenvalue weighted by molar-refractivity contribution is -0.166. The average molecular weight is 258 g/mol. The van der Waals surface area contributed by atoms with Gasteiger partial charge in [-0.3, -0.25) is 4.79 Å². The van der Waals surface area contributed by atoms with Crippen molar-refractivity contribution in [3.05, 3.63) is 12.7 Å². The quantitative estimate of drug-likeness (QED) is 0.502. The van der Waals surface area contributed by atoms with E-state index in [9.17, 15) is 14.7 Å². The number of hydrogen-bond acceptors (Lipinski definition) is 5. The smallest absolute Gasteiger partial charge is 0.338 e. The van der Waals surface area contributed by atoms with Gasteiger partial charge in [0.25, 0.3) is 0 Å². The second kappa shape index (κ2) is 8.69. The summed E-state index contributed by atoms with van der Waals surface area (Å²) in [6, 6.07) is 0. The number of ether oxygens (including phenoxy) is 2. The molecule has 0 bridgehead atoms. The van der Waals surface area contributed by atoms with Crippen LogP contribution in [-0.4, -0.2) is 35.9 Å². The molecule has 0 saturated heterocycles. The van der Waals surface area contributed by atoms with Crippen molar-refractivity contribution in [1.29, 1.82) is 0 Å². The maximum Gasteiger partial charge on any atom is 0.338 e. The minimum absolute atomic E-state index is 0.106. The predicted molar refractivity (Wildman–Crippen MR) is 66.9 cm³/mol. The van der Waals surface area contributed by atoms with Crippen LogP contribution in [0.3, 0.4) is 0 Å². The molecule has 0 aliphatic rings. The Hall–Kier alpha value is -1.36. The standard InChI is InChI=1S/C13H22O5/c1-4-9-13(16,12(15)18-6-3)10-7-8-11(14)17-5-2/h4,16H,1,5-10H2,2-3H3. The summed E-state index contributed by atoms with van der Waals surface area (Å²) < 4.78 is 9.58. The lowest BCUT2D eigenvalue weighted by atomic mass is 9.93. The van der Waals surface area contributed by atoms with E-state index in [1.54, 1.807) is 13.8 Å². The molecule has 0 fully saturated rings. The molecule has 1 unspecified atom stereocenters. The van der Waals surface area contributed by atoms with Gasteiger partial charge in [-0.15, -0.1) is 6.58 Å². The summed E-state index contributed by atoms with van der Waals surface area (Å²) in [5.74, 6) is -1.00. The van der Waals surface area contributed by atoms with Crippen molar-refractivity contribution >= 4 is 11.9 Å². The Bertz CT molecular complexity index is 287. The van der Waals surface area contributed by atoms with Gasteiger partial charge in [0, 0.05) is 12.8 Å². The Balaban J connectivity index is 4.30. The van der Waals surface area contributed by atoms with E-state index in [1.165, 1.54) is 6.08 Å². The van der Waals surface area contributed by atoms with Gasteiger partial charge in [0.1, 0.15) is 0 Å². The summed E-state index contributed by atoms with van der Waals surface area (Å²) in [7, 11) is 0. The number of rotatable bonds is 9. The molecular formula is C13H22O5. The van der Waals surface area contributed by atoms with Gasteiger partial charge in [-0.25, -0.2) is 4.79 Å². The molecule has 0 aromatic carbocycles. The summed E-state index contributed by atoms with van der Waals surface area (Å²) in [5.41, 5.74) is -1.59. The molecule has 0 aromatic heterocycles. The van der Waals surface area contributed by atoms with Gasteiger partial charge in [0.15, 0.2) is 5.60 Å². The number of carbonyl (C=O) groups is 2. The lowest BCUT2D eigenvalue weighted by Crippen LogP contribution is -2.39. The van der Waals surface area contributed by atoms with Gasteiger partial charge in [-0.2, -0.15) is 0 Å². The van der Waals surface area contributed by atoms with E-state index in [-0.39, 0.29) is 31.8 Å². The van der Waals surface area contributed by atoms with Crippen LogP contribution in [0.1, 0.15) is 39.5 Å². The van der Waals surface area contributed by atoms with Crippen LogP contribution in [0, 0.1) is 0 Å². The molecular weight excluding hydrogens is 236 g/mol. The first-order valence-corrected chi connectivity index (χ1v) is 6.16. The van der Waals surface area contributed by atoms with Gasteiger partial charge >= 0.3 is 11.9 Å². The number of aliphatic hydroxyl groups is 1. The predicted octanol–water partition coefficient (Wildman–Crippen LogP) is 1.59. The average Bonchev–Trinajstić information content (AvgIpc) is 2.30. The van der Waals surface area contributed by atoms with Crippen LogP contribution in [0.5, 0.6) is 0 Å². The fraction of sp³-hybridized carbons (Fsp3) is 0.692. The van der Waals surface area contributed by atoms with Crippen molar-refractivity contribution in [1.82, 2.24) is 0 Å². The minimum atomic E-state index is -1.59. The highest BCUT2D eigenvalue weighted by Gasteiger charge is 2.35. The van der Waals surface area contributed by atoms with E-state index < -0.39 is 11.6 Å². The first-order valence-electron chi connectivity index (χ1n) is 6.16. The van der Waals surface area contributed by atoms with Crippen LogP contribution in [0.25, 0.3) is 0 Å². The van der Waals surface area contributed by atoms with E-state index in [2.05, 4.69) is 6.58 Å². The Morgan fingerprint density at radius 1 is 1.28 bits per heavy atom. The molecule has 18 heavy (non-hydrogen) atoms. The third-order valence-corrected chi connectivity index (χ3v) is 2.41. The molecule has 0 aliphatic carbocycles. The zero-order valence-electron chi connectivity index (χ0n) is 11.1. The molecule has 1 N–H and O–H groups in total. The van der Waals surface area contributed by atoms with E-state index in [1.807, 2.05) is 0 Å². The highest BCUT2D eigenvalue weighted by atomic mass is 16.5. The molecule has 0 heterocycles. The molecule has 0 spiro atoms. The zero-order chi connectivity index (χ0) is 14.0. The van der Waals surface area contributed by atoms with Crippen molar-refractivity contribution in [2.24, 2.45) is 0 Å². The largest absolute Gasteiger partial charge is 0.466 e. The number of carbonyl (C=O) groups excluding carboxylic acids is 2. The first kappa shape index (κ1) is 16.6. The fourth-order valence-electron chi connectivity index (χ4n) is 1.55. The highest BCUT2D eigenvalue weighted by molar-refractivity contribution is 5.79. The Labute approximate surface area is 108 Å². The first-order chi connectivity index (χ1) is 8.50. The normalized spacial score (nSPS) is 13.5. The third-order valence-electron chi connectivity index (χ3n) is 2.41. The summed E-state index contributed by atoms with van der Waals surface area (Å²) >= 11 is 0. The van der Waals surface area contributed by atoms with E-state index in [0.717, 1.165) is 0 Å². The summed E-state index contributed by atoms with van der Waals surface area (Å²) in [4.78, 5) is 22.8. The molecule has 0 saturated carbocycles. The van der Waals surface area contributed by atoms with Gasteiger partial charge in [-0.05, 0) is 26.7 Å². The second-order valence-corrected chi connectivity index (χ2v) is 3.90. The molecule has 0 aliphatic heterocycles. The van der Waals surface area contributed by atoms with Gasteiger partial charge in [0.2, 0.25) is 0 Å². The van der Waals surface area contributed by atoms with Crippen molar-refractivity contribution in [2.75, 3.05) is 13.2 Å². The van der Waals surface area contributed by atoms with E-state index in [0.29, 0.717) is 13.0 Å². The summed E-state index contributed by atoms with van der Waals surface area (Å²) in [5, 5.41) is 10.2. The molecule has 5 nitrogen and oxygen atoms in total. The van der Waals surface area contributed by atoms with Crippen molar-refractivity contribution in [3.8, 4) is 0 Å². The Kier molecular flexibility index (Phi) is 8.03. The lowest BCUT2D eigenvalue weighted by Gasteiger charge is -2.24.